The number of hydrogen-bond donors (Lipinski definition) is 2. The maximum absolute atomic E-state index is 12.6. The number of carbonyl (C=O) groups is 1. The highest BCUT2D eigenvalue weighted by Gasteiger charge is 2.24. The zero-order chi connectivity index (χ0) is 21.1. The Hall–Kier alpha value is -3.28. The number of amides is 2. The van der Waals surface area contributed by atoms with Crippen LogP contribution in [0.25, 0.3) is 0 Å². The molecule has 6 nitrogen and oxygen atoms in total. The van der Waals surface area contributed by atoms with E-state index in [0.29, 0.717) is 6.61 Å². The van der Waals surface area contributed by atoms with Gasteiger partial charge in [-0.3, -0.25) is 4.68 Å². The van der Waals surface area contributed by atoms with E-state index in [1.165, 1.54) is 11.3 Å². The first kappa shape index (κ1) is 20.0. The molecule has 0 spiro atoms. The minimum Gasteiger partial charge on any atom is -0.489 e. The molecule has 156 valence electrons. The molecule has 1 unspecified atom stereocenters. The molecule has 0 radical (unpaired) electrons. The van der Waals surface area contributed by atoms with Gasteiger partial charge in [0.1, 0.15) is 12.4 Å². The van der Waals surface area contributed by atoms with E-state index in [1.807, 2.05) is 49.1 Å². The van der Waals surface area contributed by atoms with Crippen LogP contribution in [0.5, 0.6) is 5.75 Å². The van der Waals surface area contributed by atoms with Crippen LogP contribution < -0.4 is 15.4 Å². The summed E-state index contributed by atoms with van der Waals surface area (Å²) in [7, 11) is 1.95. The van der Waals surface area contributed by atoms with Crippen molar-refractivity contribution in [2.45, 2.75) is 45.8 Å². The summed E-state index contributed by atoms with van der Waals surface area (Å²) in [5.41, 5.74) is 6.41. The van der Waals surface area contributed by atoms with E-state index in [9.17, 15) is 4.79 Å². The lowest BCUT2D eigenvalue weighted by Crippen LogP contribution is -2.34. The smallest absolute Gasteiger partial charge is 0.319 e. The van der Waals surface area contributed by atoms with Crippen LogP contribution in [-0.2, 0) is 20.1 Å². The number of carbonyl (C=O) groups excluding carboxylic acids is 1. The number of ether oxygens (including phenoxy) is 1. The summed E-state index contributed by atoms with van der Waals surface area (Å²) in [5.74, 6) is 0.784. The number of nitrogens with one attached hydrogen (secondary N) is 2. The fraction of sp³-hybridized carbons (Fsp3) is 0.333. The summed E-state index contributed by atoms with van der Waals surface area (Å²) in [4.78, 5) is 12.6. The normalized spacial score (nSPS) is 15.4. The highest BCUT2D eigenvalue weighted by atomic mass is 16.5. The van der Waals surface area contributed by atoms with Crippen molar-refractivity contribution in [3.05, 3.63) is 76.6 Å². The Morgan fingerprint density at radius 3 is 2.90 bits per heavy atom. The van der Waals surface area contributed by atoms with E-state index in [-0.39, 0.29) is 12.1 Å². The largest absolute Gasteiger partial charge is 0.489 e. The first-order valence-corrected chi connectivity index (χ1v) is 10.4. The second-order valence-corrected chi connectivity index (χ2v) is 7.97. The Balaban J connectivity index is 1.36. The number of aryl methyl sites for hydroxylation is 3. The quantitative estimate of drug-likeness (QED) is 0.641. The molecule has 1 heterocycles. The molecule has 3 aromatic rings. The molecule has 0 fully saturated rings. The summed E-state index contributed by atoms with van der Waals surface area (Å²) in [6.07, 6.45) is 4.85. The second-order valence-electron chi connectivity index (χ2n) is 7.97. The number of hydrogen-bond acceptors (Lipinski definition) is 3. The maximum Gasteiger partial charge on any atom is 0.319 e. The van der Waals surface area contributed by atoms with E-state index in [2.05, 4.69) is 40.9 Å². The van der Waals surface area contributed by atoms with Crippen molar-refractivity contribution in [3.63, 3.8) is 0 Å². The Kier molecular flexibility index (Phi) is 5.74. The Bertz CT molecular complexity index is 1060. The summed E-state index contributed by atoms with van der Waals surface area (Å²) < 4.78 is 7.82. The molecular weight excluding hydrogens is 376 g/mol. The van der Waals surface area contributed by atoms with Gasteiger partial charge in [-0.1, -0.05) is 29.8 Å². The number of benzene rings is 2. The van der Waals surface area contributed by atoms with Gasteiger partial charge in [-0.15, -0.1) is 0 Å². The van der Waals surface area contributed by atoms with Crippen LogP contribution >= 0.6 is 0 Å². The fourth-order valence-electron chi connectivity index (χ4n) is 4.01. The zero-order valence-electron chi connectivity index (χ0n) is 17.7. The molecule has 4 rings (SSSR count). The fourth-order valence-corrected chi connectivity index (χ4v) is 4.01. The van der Waals surface area contributed by atoms with Crippen molar-refractivity contribution in [1.82, 2.24) is 15.1 Å². The van der Waals surface area contributed by atoms with E-state index < -0.39 is 0 Å². The van der Waals surface area contributed by atoms with Gasteiger partial charge in [-0.05, 0) is 62.4 Å². The number of nitrogens with zero attached hydrogens (tertiary/aromatic N) is 2. The van der Waals surface area contributed by atoms with Gasteiger partial charge in [0.25, 0.3) is 0 Å². The minimum atomic E-state index is -0.201. The molecule has 2 amide bonds. The molecule has 6 heteroatoms. The van der Waals surface area contributed by atoms with Gasteiger partial charge >= 0.3 is 6.03 Å². The van der Waals surface area contributed by atoms with E-state index in [1.54, 1.807) is 0 Å². The number of rotatable bonds is 5. The van der Waals surface area contributed by atoms with E-state index >= 15 is 0 Å². The lowest BCUT2D eigenvalue weighted by atomic mass is 9.93. The molecule has 2 aromatic carbocycles. The number of aromatic nitrogens is 2. The third-order valence-corrected chi connectivity index (χ3v) is 5.62. The molecule has 0 aliphatic heterocycles. The number of urea groups is 1. The highest BCUT2D eigenvalue weighted by molar-refractivity contribution is 5.90. The second kappa shape index (κ2) is 8.61. The topological polar surface area (TPSA) is 68.2 Å². The lowest BCUT2D eigenvalue weighted by molar-refractivity contribution is 0.247. The Morgan fingerprint density at radius 2 is 2.10 bits per heavy atom. The predicted octanol–water partition coefficient (Wildman–Crippen LogP) is 4.82. The highest BCUT2D eigenvalue weighted by Crippen LogP contribution is 2.29. The molecule has 0 saturated carbocycles. The number of anilines is 1. The van der Waals surface area contributed by atoms with Crippen LogP contribution in [0.1, 0.15) is 46.8 Å². The van der Waals surface area contributed by atoms with Crippen molar-refractivity contribution < 1.29 is 9.53 Å². The first-order valence-electron chi connectivity index (χ1n) is 10.4. The van der Waals surface area contributed by atoms with Gasteiger partial charge in [0, 0.05) is 24.0 Å². The number of fused-ring (bicyclic) bond motifs is 1. The van der Waals surface area contributed by atoms with Crippen LogP contribution in [0, 0.1) is 13.8 Å². The average Bonchev–Trinajstić information content (AvgIpc) is 3.10. The van der Waals surface area contributed by atoms with Gasteiger partial charge < -0.3 is 15.4 Å². The van der Waals surface area contributed by atoms with Gasteiger partial charge in [0.2, 0.25) is 0 Å². The Morgan fingerprint density at radius 1 is 1.23 bits per heavy atom. The predicted molar refractivity (Wildman–Crippen MR) is 118 cm³/mol. The minimum absolute atomic E-state index is 0.000285. The molecular formula is C24H28N4O2. The molecule has 30 heavy (non-hydrogen) atoms. The third-order valence-electron chi connectivity index (χ3n) is 5.62. The monoisotopic (exact) mass is 404 g/mol. The molecule has 0 bridgehead atoms. The van der Waals surface area contributed by atoms with Crippen molar-refractivity contribution in [2.75, 3.05) is 5.32 Å². The third kappa shape index (κ3) is 4.48. The molecule has 1 aliphatic carbocycles. The van der Waals surface area contributed by atoms with Crippen molar-refractivity contribution in [1.29, 1.82) is 0 Å². The summed E-state index contributed by atoms with van der Waals surface area (Å²) in [5, 5.41) is 10.4. The molecule has 1 aromatic heterocycles. The van der Waals surface area contributed by atoms with Gasteiger partial charge in [-0.2, -0.15) is 5.10 Å². The van der Waals surface area contributed by atoms with Gasteiger partial charge in [0.15, 0.2) is 0 Å². The molecule has 1 aliphatic rings. The van der Waals surface area contributed by atoms with Crippen LogP contribution in [0.3, 0.4) is 0 Å². The summed E-state index contributed by atoms with van der Waals surface area (Å²) >= 11 is 0. The first-order chi connectivity index (χ1) is 14.5. The molecule has 1 atom stereocenters. The van der Waals surface area contributed by atoms with E-state index in [4.69, 9.17) is 4.74 Å². The van der Waals surface area contributed by atoms with Crippen molar-refractivity contribution in [2.24, 2.45) is 7.05 Å². The van der Waals surface area contributed by atoms with Crippen molar-refractivity contribution >= 4 is 11.7 Å². The lowest BCUT2D eigenvalue weighted by Gasteiger charge is -2.24. The van der Waals surface area contributed by atoms with Crippen LogP contribution in [0.15, 0.2) is 48.7 Å². The summed E-state index contributed by atoms with van der Waals surface area (Å²) in [6, 6.07) is 13.8. The zero-order valence-corrected chi connectivity index (χ0v) is 17.7. The molecule has 0 saturated heterocycles. The van der Waals surface area contributed by atoms with Crippen LogP contribution in [0.2, 0.25) is 0 Å². The van der Waals surface area contributed by atoms with Crippen LogP contribution in [-0.4, -0.2) is 15.8 Å². The van der Waals surface area contributed by atoms with Crippen LogP contribution in [0.4, 0.5) is 10.5 Å². The van der Waals surface area contributed by atoms with E-state index in [0.717, 1.165) is 47.4 Å². The standard InChI is InChI=1S/C24H28N4O2/c1-16-6-4-7-18(12-16)15-30-19-10-11-21(17(2)13-19)26-24(29)27-22-8-5-9-23-20(22)14-25-28(23)3/h4,6-7,10-14,22H,5,8-9,15H2,1-3H3,(H2,26,27,29). The summed E-state index contributed by atoms with van der Waals surface area (Å²) in [6.45, 7) is 4.56. The van der Waals surface area contributed by atoms with Crippen molar-refractivity contribution in [3.8, 4) is 5.75 Å². The maximum atomic E-state index is 12.6. The van der Waals surface area contributed by atoms with Gasteiger partial charge in [0.05, 0.1) is 12.2 Å². The Labute approximate surface area is 177 Å². The average molecular weight is 405 g/mol. The molecule has 2 N–H and O–H groups in total. The SMILES string of the molecule is Cc1cccc(COc2ccc(NC(=O)NC3CCCc4c3cnn4C)c(C)c2)c1. The van der Waals surface area contributed by atoms with Gasteiger partial charge in [-0.25, -0.2) is 4.79 Å².